The van der Waals surface area contributed by atoms with Gasteiger partial charge in [0.2, 0.25) is 0 Å². The number of alkyl halides is 1. The van der Waals surface area contributed by atoms with E-state index in [4.69, 9.17) is 21.1 Å². The summed E-state index contributed by atoms with van der Waals surface area (Å²) in [6, 6.07) is 14.4. The summed E-state index contributed by atoms with van der Waals surface area (Å²) in [6.07, 6.45) is 1.06. The molecule has 1 aliphatic rings. The fraction of sp³-hybridized carbons (Fsp3) is 0.294. The molecule has 0 aromatic heterocycles. The highest BCUT2D eigenvalue weighted by Crippen LogP contribution is 2.37. The largest absolute Gasteiger partial charge is 0.493 e. The molecular formula is C17H17ClO2S. The maximum absolute atomic E-state index is 5.95. The Morgan fingerprint density at radius 3 is 2.81 bits per heavy atom. The van der Waals surface area contributed by atoms with Crippen molar-refractivity contribution in [2.24, 2.45) is 0 Å². The van der Waals surface area contributed by atoms with Gasteiger partial charge in [0, 0.05) is 16.0 Å². The Labute approximate surface area is 134 Å². The highest BCUT2D eigenvalue weighted by molar-refractivity contribution is 8.00. The fourth-order valence-corrected chi connectivity index (χ4v) is 3.83. The second kappa shape index (κ2) is 6.63. The first-order valence-electron chi connectivity index (χ1n) is 6.90. The molecule has 1 atom stereocenters. The lowest BCUT2D eigenvalue weighted by Crippen LogP contribution is -2.13. The molecule has 1 unspecified atom stereocenters. The Balaban J connectivity index is 1.64. The van der Waals surface area contributed by atoms with E-state index in [1.54, 1.807) is 7.11 Å². The van der Waals surface area contributed by atoms with E-state index in [1.165, 1.54) is 10.5 Å². The maximum Gasteiger partial charge on any atom is 0.161 e. The fourth-order valence-electron chi connectivity index (χ4n) is 2.44. The Morgan fingerprint density at radius 1 is 1.19 bits per heavy atom. The molecule has 1 aliphatic heterocycles. The molecule has 0 bridgehead atoms. The Hall–Kier alpha value is -1.32. The van der Waals surface area contributed by atoms with Crippen LogP contribution in [0.3, 0.4) is 0 Å². The Morgan fingerprint density at radius 2 is 2.05 bits per heavy atom. The van der Waals surface area contributed by atoms with Crippen molar-refractivity contribution in [2.45, 2.75) is 22.4 Å². The van der Waals surface area contributed by atoms with Gasteiger partial charge in [-0.25, -0.2) is 0 Å². The summed E-state index contributed by atoms with van der Waals surface area (Å²) >= 11 is 7.73. The second-order valence-electron chi connectivity index (χ2n) is 4.98. The third-order valence-electron chi connectivity index (χ3n) is 3.52. The van der Waals surface area contributed by atoms with Crippen LogP contribution in [-0.4, -0.2) is 19.0 Å². The molecule has 0 spiro atoms. The zero-order valence-corrected chi connectivity index (χ0v) is 13.4. The average molecular weight is 321 g/mol. The van der Waals surface area contributed by atoms with Crippen LogP contribution in [0.5, 0.6) is 11.5 Å². The van der Waals surface area contributed by atoms with Crippen LogP contribution in [0.1, 0.15) is 11.1 Å². The molecule has 2 aromatic rings. The third kappa shape index (κ3) is 3.30. The molecule has 0 N–H and O–H groups in total. The molecular weight excluding hydrogens is 304 g/mol. The summed E-state index contributed by atoms with van der Waals surface area (Å²) in [4.78, 5) is 1.37. The minimum absolute atomic E-state index is 0.458. The minimum atomic E-state index is 0.458. The van der Waals surface area contributed by atoms with Gasteiger partial charge in [0.05, 0.1) is 7.11 Å². The molecule has 0 aliphatic carbocycles. The molecule has 1 heterocycles. The molecule has 21 heavy (non-hydrogen) atoms. The van der Waals surface area contributed by atoms with Crippen LogP contribution >= 0.6 is 23.4 Å². The lowest BCUT2D eigenvalue weighted by atomic mass is 10.1. The van der Waals surface area contributed by atoms with E-state index >= 15 is 0 Å². The van der Waals surface area contributed by atoms with Crippen molar-refractivity contribution in [2.75, 3.05) is 13.7 Å². The molecule has 0 radical (unpaired) electrons. The molecule has 3 rings (SSSR count). The van der Waals surface area contributed by atoms with Gasteiger partial charge in [-0.1, -0.05) is 24.3 Å². The normalized spacial score (nSPS) is 16.6. The van der Waals surface area contributed by atoms with Crippen LogP contribution in [0.15, 0.2) is 47.4 Å². The van der Waals surface area contributed by atoms with Gasteiger partial charge in [-0.3, -0.25) is 0 Å². The molecule has 110 valence electrons. The Bertz CT molecular complexity index is 605. The number of thioether (sulfide) groups is 1. The van der Waals surface area contributed by atoms with Crippen LogP contribution in [-0.2, 0) is 12.3 Å². The zero-order valence-electron chi connectivity index (χ0n) is 11.8. The monoisotopic (exact) mass is 320 g/mol. The van der Waals surface area contributed by atoms with Gasteiger partial charge in [0.15, 0.2) is 11.5 Å². The quantitative estimate of drug-likeness (QED) is 0.754. The SMILES string of the molecule is COc1cc(CCl)ccc1OCC1Cc2ccccc2S1. The van der Waals surface area contributed by atoms with Crippen LogP contribution in [0.2, 0.25) is 0 Å². The molecule has 2 aromatic carbocycles. The van der Waals surface area contributed by atoms with Gasteiger partial charge in [0.25, 0.3) is 0 Å². The van der Waals surface area contributed by atoms with Crippen molar-refractivity contribution in [3.63, 3.8) is 0 Å². The van der Waals surface area contributed by atoms with Gasteiger partial charge in [-0.05, 0) is 35.7 Å². The van der Waals surface area contributed by atoms with Crippen molar-refractivity contribution < 1.29 is 9.47 Å². The summed E-state index contributed by atoms with van der Waals surface area (Å²) in [6.45, 7) is 0.677. The number of hydrogen-bond acceptors (Lipinski definition) is 3. The number of rotatable bonds is 5. The lowest BCUT2D eigenvalue weighted by molar-refractivity contribution is 0.294. The van der Waals surface area contributed by atoms with Crippen molar-refractivity contribution in [1.82, 2.24) is 0 Å². The third-order valence-corrected chi connectivity index (χ3v) is 5.12. The first-order valence-corrected chi connectivity index (χ1v) is 8.32. The predicted octanol–water partition coefficient (Wildman–Crippen LogP) is 4.53. The Kier molecular flexibility index (Phi) is 4.61. The van der Waals surface area contributed by atoms with Crippen LogP contribution in [0.25, 0.3) is 0 Å². The number of fused-ring (bicyclic) bond motifs is 1. The first kappa shape index (κ1) is 14.6. The van der Waals surface area contributed by atoms with E-state index in [-0.39, 0.29) is 0 Å². The number of benzene rings is 2. The average Bonchev–Trinajstić information content (AvgIpc) is 2.95. The van der Waals surface area contributed by atoms with E-state index in [2.05, 4.69) is 24.3 Å². The van der Waals surface area contributed by atoms with E-state index in [0.29, 0.717) is 17.7 Å². The molecule has 2 nitrogen and oxygen atoms in total. The summed E-state index contributed by atoms with van der Waals surface area (Å²) in [5.74, 6) is 2.00. The highest BCUT2D eigenvalue weighted by atomic mass is 35.5. The van der Waals surface area contributed by atoms with Crippen molar-refractivity contribution in [3.8, 4) is 11.5 Å². The molecule has 4 heteroatoms. The molecule has 0 amide bonds. The molecule has 0 saturated carbocycles. The first-order chi connectivity index (χ1) is 10.3. The number of hydrogen-bond donors (Lipinski definition) is 0. The van der Waals surface area contributed by atoms with E-state index in [0.717, 1.165) is 23.5 Å². The summed E-state index contributed by atoms with van der Waals surface area (Å²) in [7, 11) is 1.65. The van der Waals surface area contributed by atoms with Crippen molar-refractivity contribution in [3.05, 3.63) is 53.6 Å². The van der Waals surface area contributed by atoms with Gasteiger partial charge in [-0.15, -0.1) is 23.4 Å². The van der Waals surface area contributed by atoms with E-state index in [1.807, 2.05) is 30.0 Å². The lowest BCUT2D eigenvalue weighted by Gasteiger charge is -2.14. The van der Waals surface area contributed by atoms with Gasteiger partial charge in [-0.2, -0.15) is 0 Å². The standard InChI is InChI=1S/C17H17ClO2S/c1-19-16-8-12(10-18)6-7-15(16)20-11-14-9-13-4-2-3-5-17(13)21-14/h2-8,14H,9-11H2,1H3. The van der Waals surface area contributed by atoms with Gasteiger partial charge >= 0.3 is 0 Å². The maximum atomic E-state index is 5.95. The van der Waals surface area contributed by atoms with Gasteiger partial charge in [0.1, 0.15) is 6.61 Å². The number of halogens is 1. The number of ether oxygens (including phenoxy) is 2. The topological polar surface area (TPSA) is 18.5 Å². The van der Waals surface area contributed by atoms with E-state index < -0.39 is 0 Å². The van der Waals surface area contributed by atoms with E-state index in [9.17, 15) is 0 Å². The van der Waals surface area contributed by atoms with Crippen molar-refractivity contribution in [1.29, 1.82) is 0 Å². The number of methoxy groups -OCH3 is 1. The zero-order chi connectivity index (χ0) is 14.7. The molecule has 0 saturated heterocycles. The van der Waals surface area contributed by atoms with Crippen molar-refractivity contribution >= 4 is 23.4 Å². The van der Waals surface area contributed by atoms with Crippen LogP contribution in [0.4, 0.5) is 0 Å². The minimum Gasteiger partial charge on any atom is -0.493 e. The van der Waals surface area contributed by atoms with Gasteiger partial charge < -0.3 is 9.47 Å². The van der Waals surface area contributed by atoms with Crippen LogP contribution < -0.4 is 9.47 Å². The highest BCUT2D eigenvalue weighted by Gasteiger charge is 2.22. The summed E-state index contributed by atoms with van der Waals surface area (Å²) in [5, 5.41) is 0.458. The second-order valence-corrected chi connectivity index (χ2v) is 6.59. The van der Waals surface area contributed by atoms with Crippen LogP contribution in [0, 0.1) is 0 Å². The summed E-state index contributed by atoms with van der Waals surface area (Å²) in [5.41, 5.74) is 2.45. The smallest absolute Gasteiger partial charge is 0.161 e. The molecule has 0 fully saturated rings. The summed E-state index contributed by atoms with van der Waals surface area (Å²) < 4.78 is 11.3. The predicted molar refractivity (Wildman–Crippen MR) is 87.8 cm³/mol.